The maximum Gasteiger partial charge on any atom is 0.408 e. The topological polar surface area (TPSA) is 116 Å². The van der Waals surface area contributed by atoms with Gasteiger partial charge in [0.1, 0.15) is 18.2 Å². The molecule has 176 valence electrons. The average Bonchev–Trinajstić information content (AvgIpc) is 3.62. The molecule has 8 nitrogen and oxygen atoms in total. The molecule has 8 heteroatoms. The summed E-state index contributed by atoms with van der Waals surface area (Å²) >= 11 is 0. The van der Waals surface area contributed by atoms with E-state index in [-0.39, 0.29) is 34.6 Å². The van der Waals surface area contributed by atoms with Crippen LogP contribution >= 0.6 is 0 Å². The van der Waals surface area contributed by atoms with Gasteiger partial charge in [0.2, 0.25) is 5.91 Å². The molecule has 2 aliphatic carbocycles. The Balaban J connectivity index is 1.44. The first-order chi connectivity index (χ1) is 14.4. The number of primary amides is 1. The minimum absolute atomic E-state index is 0.0123. The van der Waals surface area contributed by atoms with Crippen molar-refractivity contribution in [3.8, 4) is 0 Å². The normalized spacial score (nSPS) is 43.4. The number of epoxide rings is 2. The second-order valence-electron chi connectivity index (χ2n) is 11.1. The molecule has 8 atom stereocenters. The minimum atomic E-state index is -0.766. The summed E-state index contributed by atoms with van der Waals surface area (Å²) in [5.74, 6) is 0.0161. The maximum atomic E-state index is 12.6. The summed E-state index contributed by atoms with van der Waals surface area (Å²) in [6, 6.07) is -0.766. The third-order valence-corrected chi connectivity index (χ3v) is 8.24. The van der Waals surface area contributed by atoms with Crippen molar-refractivity contribution in [1.82, 2.24) is 5.32 Å². The Hall–Kier alpha value is -1.38. The molecule has 31 heavy (non-hydrogen) atoms. The molecule has 0 radical (unpaired) electrons. The molecule has 1 spiro atoms. The highest BCUT2D eigenvalue weighted by atomic mass is 16.6. The Morgan fingerprint density at radius 1 is 1.26 bits per heavy atom. The number of nitrogens with two attached hydrogens (primary N) is 1. The Labute approximate surface area is 184 Å². The molecule has 0 bridgehead atoms. The zero-order valence-electron chi connectivity index (χ0n) is 19.6. The van der Waals surface area contributed by atoms with E-state index in [0.29, 0.717) is 18.4 Å². The summed E-state index contributed by atoms with van der Waals surface area (Å²) in [5.41, 5.74) is 5.31. The summed E-state index contributed by atoms with van der Waals surface area (Å²) in [6.07, 6.45) is 2.72. The quantitative estimate of drug-likeness (QED) is 0.562. The number of amides is 2. The molecule has 0 aromatic carbocycles. The number of nitrogens with one attached hydrogen (secondary N) is 1. The van der Waals surface area contributed by atoms with E-state index >= 15 is 0 Å². The van der Waals surface area contributed by atoms with Crippen molar-refractivity contribution >= 4 is 12.0 Å². The molecule has 0 aromatic rings. The summed E-state index contributed by atoms with van der Waals surface area (Å²) in [6.45, 7) is 11.0. The first kappa shape index (κ1) is 22.8. The number of hydrogen-bond acceptors (Lipinski definition) is 6. The van der Waals surface area contributed by atoms with Crippen LogP contribution in [0.15, 0.2) is 0 Å². The third-order valence-electron chi connectivity index (χ3n) is 8.24. The van der Waals surface area contributed by atoms with Crippen LogP contribution in [-0.4, -0.2) is 61.3 Å². The standard InChI is InChI=1S/C23H38N2O6/c1-12(2)16(19(24)26)25-20(27)30-14-7-8-23(11-29-23)18(17(14)28-6)22(5)10-13(22)9-15-21(3,4)31-15/h12-18H,7-11H2,1-6H3,(H2,24,26)(H,25,27)/t13-,14+,15+,16+,17+,18?,22-,23-/m0/s1. The summed E-state index contributed by atoms with van der Waals surface area (Å²) < 4.78 is 23.6. The predicted octanol–water partition coefficient (Wildman–Crippen LogP) is 2.38. The Kier molecular flexibility index (Phi) is 5.59. The third kappa shape index (κ3) is 4.18. The fourth-order valence-electron chi connectivity index (χ4n) is 6.02. The number of hydrogen-bond donors (Lipinski definition) is 2. The van der Waals surface area contributed by atoms with E-state index in [9.17, 15) is 9.59 Å². The van der Waals surface area contributed by atoms with E-state index in [2.05, 4.69) is 26.1 Å². The molecule has 2 saturated heterocycles. The van der Waals surface area contributed by atoms with Gasteiger partial charge in [-0.15, -0.1) is 0 Å². The lowest BCUT2D eigenvalue weighted by atomic mass is 9.67. The van der Waals surface area contributed by atoms with Gasteiger partial charge in [-0.1, -0.05) is 20.8 Å². The van der Waals surface area contributed by atoms with Crippen LogP contribution in [0, 0.1) is 23.2 Å². The first-order valence-electron chi connectivity index (χ1n) is 11.5. The van der Waals surface area contributed by atoms with Crippen LogP contribution in [0.5, 0.6) is 0 Å². The van der Waals surface area contributed by atoms with Gasteiger partial charge in [-0.3, -0.25) is 4.79 Å². The van der Waals surface area contributed by atoms with Gasteiger partial charge in [0.25, 0.3) is 0 Å². The average molecular weight is 439 g/mol. The number of rotatable bonds is 8. The van der Waals surface area contributed by atoms with Crippen LogP contribution in [0.3, 0.4) is 0 Å². The monoisotopic (exact) mass is 438 g/mol. The van der Waals surface area contributed by atoms with Crippen molar-refractivity contribution in [2.24, 2.45) is 28.9 Å². The molecule has 1 unspecified atom stereocenters. The molecule has 4 aliphatic rings. The van der Waals surface area contributed by atoms with Crippen LogP contribution in [0.4, 0.5) is 4.79 Å². The van der Waals surface area contributed by atoms with Crippen molar-refractivity contribution in [3.63, 3.8) is 0 Å². The summed E-state index contributed by atoms with van der Waals surface area (Å²) in [7, 11) is 1.68. The maximum absolute atomic E-state index is 12.6. The molecular formula is C23H38N2O6. The minimum Gasteiger partial charge on any atom is -0.443 e. The molecule has 4 fully saturated rings. The lowest BCUT2D eigenvalue weighted by Gasteiger charge is -2.44. The second-order valence-corrected chi connectivity index (χ2v) is 11.1. The molecule has 2 saturated carbocycles. The van der Waals surface area contributed by atoms with Gasteiger partial charge in [-0.05, 0) is 56.8 Å². The molecule has 4 rings (SSSR count). The fourth-order valence-corrected chi connectivity index (χ4v) is 6.02. The molecule has 2 aliphatic heterocycles. The molecule has 0 aromatic heterocycles. The number of carbonyl (C=O) groups is 2. The summed E-state index contributed by atoms with van der Waals surface area (Å²) in [5, 5.41) is 2.63. The van der Waals surface area contributed by atoms with Crippen molar-refractivity contribution < 1.29 is 28.5 Å². The van der Waals surface area contributed by atoms with Gasteiger partial charge >= 0.3 is 6.09 Å². The number of methoxy groups -OCH3 is 1. The molecule has 3 N–H and O–H groups in total. The lowest BCUT2D eigenvalue weighted by Crippen LogP contribution is -2.55. The van der Waals surface area contributed by atoms with Gasteiger partial charge in [0.05, 0.1) is 23.9 Å². The van der Waals surface area contributed by atoms with Gasteiger partial charge < -0.3 is 30.0 Å². The number of carbonyl (C=O) groups excluding carboxylic acids is 2. The van der Waals surface area contributed by atoms with Gasteiger partial charge in [0.15, 0.2) is 0 Å². The Morgan fingerprint density at radius 2 is 1.90 bits per heavy atom. The summed E-state index contributed by atoms with van der Waals surface area (Å²) in [4.78, 5) is 24.2. The van der Waals surface area contributed by atoms with Crippen LogP contribution in [-0.2, 0) is 23.7 Å². The van der Waals surface area contributed by atoms with Gasteiger partial charge in [0, 0.05) is 13.0 Å². The Bertz CT molecular complexity index is 736. The van der Waals surface area contributed by atoms with E-state index < -0.39 is 24.1 Å². The highest BCUT2D eigenvalue weighted by Crippen LogP contribution is 2.69. The Morgan fingerprint density at radius 3 is 2.39 bits per heavy atom. The molecule has 2 heterocycles. The lowest BCUT2D eigenvalue weighted by molar-refractivity contribution is -0.124. The zero-order valence-corrected chi connectivity index (χ0v) is 19.6. The molecular weight excluding hydrogens is 400 g/mol. The van der Waals surface area contributed by atoms with Crippen molar-refractivity contribution in [2.75, 3.05) is 13.7 Å². The van der Waals surface area contributed by atoms with E-state index in [1.165, 1.54) is 0 Å². The smallest absolute Gasteiger partial charge is 0.408 e. The highest BCUT2D eigenvalue weighted by Gasteiger charge is 2.71. The van der Waals surface area contributed by atoms with Crippen LogP contribution < -0.4 is 11.1 Å². The van der Waals surface area contributed by atoms with E-state index in [1.54, 1.807) is 7.11 Å². The zero-order chi connectivity index (χ0) is 22.8. The predicted molar refractivity (Wildman–Crippen MR) is 113 cm³/mol. The van der Waals surface area contributed by atoms with E-state index in [1.807, 2.05) is 13.8 Å². The van der Waals surface area contributed by atoms with E-state index in [4.69, 9.17) is 24.7 Å². The van der Waals surface area contributed by atoms with Crippen molar-refractivity contribution in [2.45, 2.75) is 95.9 Å². The van der Waals surface area contributed by atoms with Crippen molar-refractivity contribution in [1.29, 1.82) is 0 Å². The fraction of sp³-hybridized carbons (Fsp3) is 0.913. The largest absolute Gasteiger partial charge is 0.443 e. The number of alkyl carbamates (subject to hydrolysis) is 1. The van der Waals surface area contributed by atoms with Crippen molar-refractivity contribution in [3.05, 3.63) is 0 Å². The second kappa shape index (κ2) is 7.59. The van der Waals surface area contributed by atoms with Gasteiger partial charge in [-0.2, -0.15) is 0 Å². The SMILES string of the molecule is CO[C@H]1C([C@@]2(C)C[C@@H]2C[C@H]2OC2(C)C)[C@]2(CC[C@H]1OC(=O)N[C@@H](C(N)=O)C(C)C)CO2. The highest BCUT2D eigenvalue weighted by molar-refractivity contribution is 5.84. The molecule has 2 amide bonds. The van der Waals surface area contributed by atoms with Crippen LogP contribution in [0.25, 0.3) is 0 Å². The van der Waals surface area contributed by atoms with Crippen LogP contribution in [0.1, 0.15) is 60.3 Å². The number of ether oxygens (including phenoxy) is 4. The first-order valence-corrected chi connectivity index (χ1v) is 11.5. The van der Waals surface area contributed by atoms with E-state index in [0.717, 1.165) is 25.9 Å². The van der Waals surface area contributed by atoms with Crippen LogP contribution in [0.2, 0.25) is 0 Å². The van der Waals surface area contributed by atoms with Gasteiger partial charge in [-0.25, -0.2) is 4.79 Å².